The van der Waals surface area contributed by atoms with Gasteiger partial charge in [-0.3, -0.25) is 0 Å². The molecule has 0 amide bonds. The minimum atomic E-state index is -0.0641. The van der Waals surface area contributed by atoms with E-state index >= 15 is 0 Å². The summed E-state index contributed by atoms with van der Waals surface area (Å²) in [5.41, 5.74) is 1.52. The normalized spacial score (nSPS) is 17.0. The minimum absolute atomic E-state index is 0.0641. The van der Waals surface area contributed by atoms with Crippen molar-refractivity contribution in [2.75, 3.05) is 0 Å². The van der Waals surface area contributed by atoms with E-state index in [4.69, 9.17) is 23.2 Å². The fourth-order valence-corrected chi connectivity index (χ4v) is 5.91. The van der Waals surface area contributed by atoms with Crippen LogP contribution in [-0.4, -0.2) is 0 Å². The molecule has 0 saturated heterocycles. The molecule has 19 heavy (non-hydrogen) atoms. The summed E-state index contributed by atoms with van der Waals surface area (Å²) in [6.45, 7) is 0. The fraction of sp³-hybridized carbons (Fsp3) is 0.429. The Bertz CT molecular complexity index is 545. The molecule has 102 valence electrons. The molecule has 0 radical (unpaired) electrons. The number of halogens is 3. The lowest BCUT2D eigenvalue weighted by molar-refractivity contribution is 0.712. The van der Waals surface area contributed by atoms with Gasteiger partial charge in [-0.2, -0.15) is 0 Å². The van der Waals surface area contributed by atoms with E-state index in [0.717, 1.165) is 13.7 Å². The molecular weight excluding hydrogens is 383 g/mol. The van der Waals surface area contributed by atoms with Crippen LogP contribution in [0.3, 0.4) is 0 Å². The van der Waals surface area contributed by atoms with E-state index in [1.54, 1.807) is 16.2 Å². The summed E-state index contributed by atoms with van der Waals surface area (Å²) in [6, 6.07) is 4.28. The summed E-state index contributed by atoms with van der Waals surface area (Å²) in [5, 5.41) is 0.689. The van der Waals surface area contributed by atoms with Crippen molar-refractivity contribution in [3.8, 4) is 0 Å². The third-order valence-corrected chi connectivity index (χ3v) is 8.00. The Balaban J connectivity index is 1.89. The number of thiophene rings is 2. The van der Waals surface area contributed by atoms with Crippen LogP contribution in [-0.2, 0) is 12.8 Å². The zero-order valence-electron chi connectivity index (χ0n) is 10.2. The maximum atomic E-state index is 6.62. The molecule has 0 saturated carbocycles. The van der Waals surface area contributed by atoms with Gasteiger partial charge in [-0.15, -0.1) is 34.3 Å². The molecule has 3 rings (SSSR count). The maximum absolute atomic E-state index is 6.62. The Kier molecular flexibility index (Phi) is 4.60. The van der Waals surface area contributed by atoms with Gasteiger partial charge in [0, 0.05) is 14.6 Å². The van der Waals surface area contributed by atoms with E-state index in [0.29, 0.717) is 0 Å². The third kappa shape index (κ3) is 3.06. The van der Waals surface area contributed by atoms with E-state index in [9.17, 15) is 0 Å². The van der Waals surface area contributed by atoms with Gasteiger partial charge in [0.25, 0.3) is 0 Å². The van der Waals surface area contributed by atoms with Gasteiger partial charge in [-0.05, 0) is 59.3 Å². The van der Waals surface area contributed by atoms with Crippen molar-refractivity contribution >= 4 is 61.8 Å². The first-order chi connectivity index (χ1) is 9.15. The van der Waals surface area contributed by atoms with E-state index in [1.165, 1.54) is 42.5 Å². The highest BCUT2D eigenvalue weighted by Gasteiger charge is 2.20. The molecule has 0 bridgehead atoms. The Morgan fingerprint density at radius 1 is 1.05 bits per heavy atom. The van der Waals surface area contributed by atoms with Crippen LogP contribution < -0.4 is 0 Å². The van der Waals surface area contributed by atoms with Gasteiger partial charge >= 0.3 is 0 Å². The first-order valence-electron chi connectivity index (χ1n) is 6.35. The Hall–Kier alpha value is 0.460. The zero-order valence-corrected chi connectivity index (χ0v) is 14.9. The molecular formula is C14H13BrCl2S2. The monoisotopic (exact) mass is 394 g/mol. The predicted molar refractivity (Wildman–Crippen MR) is 90.3 cm³/mol. The molecule has 1 aliphatic carbocycles. The summed E-state index contributed by atoms with van der Waals surface area (Å²) in [7, 11) is 0. The van der Waals surface area contributed by atoms with Crippen molar-refractivity contribution < 1.29 is 0 Å². The van der Waals surface area contributed by atoms with Gasteiger partial charge < -0.3 is 0 Å². The van der Waals surface area contributed by atoms with E-state index in [-0.39, 0.29) is 5.38 Å². The van der Waals surface area contributed by atoms with Gasteiger partial charge in [0.05, 0.1) is 8.81 Å². The third-order valence-electron chi connectivity index (χ3n) is 3.43. The van der Waals surface area contributed by atoms with Crippen LogP contribution in [0.25, 0.3) is 0 Å². The van der Waals surface area contributed by atoms with Crippen LogP contribution in [0.2, 0.25) is 5.02 Å². The fourth-order valence-electron chi connectivity index (χ4n) is 2.44. The van der Waals surface area contributed by atoms with Gasteiger partial charge in [0.2, 0.25) is 0 Å². The summed E-state index contributed by atoms with van der Waals surface area (Å²) in [4.78, 5) is 3.92. The molecule has 0 aliphatic heterocycles. The smallest absolute Gasteiger partial charge is 0.102 e. The van der Waals surface area contributed by atoms with Crippen LogP contribution in [0.15, 0.2) is 15.9 Å². The largest absolute Gasteiger partial charge is 0.143 e. The van der Waals surface area contributed by atoms with Crippen molar-refractivity contribution in [1.82, 2.24) is 0 Å². The van der Waals surface area contributed by atoms with Crippen LogP contribution >= 0.6 is 61.8 Å². The second kappa shape index (κ2) is 6.07. The molecule has 1 aliphatic rings. The topological polar surface area (TPSA) is 0 Å². The van der Waals surface area contributed by atoms with Crippen LogP contribution in [0.1, 0.15) is 44.8 Å². The number of rotatable bonds is 2. The Morgan fingerprint density at radius 3 is 2.53 bits per heavy atom. The quantitative estimate of drug-likeness (QED) is 0.386. The van der Waals surface area contributed by atoms with Crippen molar-refractivity contribution in [1.29, 1.82) is 0 Å². The van der Waals surface area contributed by atoms with Crippen LogP contribution in [0.5, 0.6) is 0 Å². The second-order valence-corrected chi connectivity index (χ2v) is 9.20. The average molecular weight is 396 g/mol. The van der Waals surface area contributed by atoms with Gasteiger partial charge in [0.15, 0.2) is 0 Å². The standard InChI is InChI=1S/C14H13BrCl2S2/c15-14-9(16)7-12(19-14)13(17)11-6-8-4-2-1-3-5-10(8)18-11/h6-7,13H,1-5H2. The van der Waals surface area contributed by atoms with Crippen LogP contribution in [0, 0.1) is 0 Å². The summed E-state index contributed by atoms with van der Waals surface area (Å²) >= 11 is 19.7. The number of hydrogen-bond acceptors (Lipinski definition) is 2. The molecule has 0 spiro atoms. The van der Waals surface area contributed by atoms with Gasteiger partial charge in [0.1, 0.15) is 5.38 Å². The van der Waals surface area contributed by atoms with Gasteiger partial charge in [-0.1, -0.05) is 18.0 Å². The highest BCUT2D eigenvalue weighted by atomic mass is 79.9. The van der Waals surface area contributed by atoms with Crippen molar-refractivity contribution in [2.24, 2.45) is 0 Å². The highest BCUT2D eigenvalue weighted by Crippen LogP contribution is 2.43. The molecule has 0 aromatic carbocycles. The van der Waals surface area contributed by atoms with Crippen molar-refractivity contribution in [3.63, 3.8) is 0 Å². The molecule has 0 N–H and O–H groups in total. The number of hydrogen-bond donors (Lipinski definition) is 0. The SMILES string of the molecule is Clc1cc(C(Cl)c2cc3c(s2)CCCCC3)sc1Br. The summed E-state index contributed by atoms with van der Waals surface area (Å²) in [5.74, 6) is 0. The lowest BCUT2D eigenvalue weighted by Crippen LogP contribution is -1.85. The second-order valence-electron chi connectivity index (χ2n) is 4.79. The van der Waals surface area contributed by atoms with E-state index in [2.05, 4.69) is 22.0 Å². The first-order valence-corrected chi connectivity index (χ1v) is 9.59. The van der Waals surface area contributed by atoms with Crippen molar-refractivity contribution in [3.05, 3.63) is 41.1 Å². The molecule has 5 heteroatoms. The zero-order chi connectivity index (χ0) is 13.4. The molecule has 1 atom stereocenters. The van der Waals surface area contributed by atoms with Crippen LogP contribution in [0.4, 0.5) is 0 Å². The Morgan fingerprint density at radius 2 is 1.79 bits per heavy atom. The first kappa shape index (κ1) is 14.4. The van der Waals surface area contributed by atoms with Crippen molar-refractivity contribution in [2.45, 2.75) is 37.5 Å². The highest BCUT2D eigenvalue weighted by molar-refractivity contribution is 9.11. The number of fused-ring (bicyclic) bond motifs is 1. The number of aryl methyl sites for hydroxylation is 2. The van der Waals surface area contributed by atoms with Gasteiger partial charge in [-0.25, -0.2) is 0 Å². The Labute approximate surface area is 139 Å². The number of alkyl halides is 1. The summed E-state index contributed by atoms with van der Waals surface area (Å²) < 4.78 is 0.966. The molecule has 0 nitrogen and oxygen atoms in total. The average Bonchev–Trinajstić information content (AvgIpc) is 2.87. The lowest BCUT2D eigenvalue weighted by Gasteiger charge is -2.03. The molecule has 2 aromatic heterocycles. The van der Waals surface area contributed by atoms with E-state index < -0.39 is 0 Å². The van der Waals surface area contributed by atoms with E-state index in [1.807, 2.05) is 17.4 Å². The molecule has 2 heterocycles. The maximum Gasteiger partial charge on any atom is 0.102 e. The molecule has 1 unspecified atom stereocenters. The predicted octanol–water partition coefficient (Wildman–Crippen LogP) is 6.82. The molecule has 2 aromatic rings. The lowest BCUT2D eigenvalue weighted by atomic mass is 10.1. The minimum Gasteiger partial charge on any atom is -0.143 e. The molecule has 0 fully saturated rings. The summed E-state index contributed by atoms with van der Waals surface area (Å²) in [6.07, 6.45) is 6.42.